The molecule has 0 spiro atoms. The van der Waals surface area contributed by atoms with Crippen molar-refractivity contribution in [2.24, 2.45) is 0 Å². The number of thiophene rings is 1. The average molecular weight is 380 g/mol. The Morgan fingerprint density at radius 1 is 1.33 bits per heavy atom. The first kappa shape index (κ1) is 16.2. The summed E-state index contributed by atoms with van der Waals surface area (Å²) in [7, 11) is 0. The van der Waals surface area contributed by atoms with E-state index in [1.165, 1.54) is 10.9 Å². The smallest absolute Gasteiger partial charge is 0.405 e. The Labute approximate surface area is 133 Å². The highest BCUT2D eigenvalue weighted by Gasteiger charge is 2.32. The lowest BCUT2D eigenvalue weighted by Gasteiger charge is -2.18. The van der Waals surface area contributed by atoms with Gasteiger partial charge >= 0.3 is 6.36 Å². The maximum Gasteiger partial charge on any atom is 0.573 e. The van der Waals surface area contributed by atoms with Gasteiger partial charge in [0.05, 0.1) is 10.5 Å². The molecule has 0 aliphatic heterocycles. The zero-order chi connectivity index (χ0) is 15.5. The molecule has 0 aliphatic rings. The number of halogens is 4. The summed E-state index contributed by atoms with van der Waals surface area (Å²) in [5.74, 6) is -0.253. The summed E-state index contributed by atoms with van der Waals surface area (Å²) in [6, 6.07) is 8.58. The molecule has 2 rings (SSSR count). The quantitative estimate of drug-likeness (QED) is 0.690. The monoisotopic (exact) mass is 379 g/mol. The van der Waals surface area contributed by atoms with Crippen molar-refractivity contribution < 1.29 is 17.9 Å². The minimum Gasteiger partial charge on any atom is -0.405 e. The maximum absolute atomic E-state index is 12.2. The molecule has 2 nitrogen and oxygen atoms in total. The minimum atomic E-state index is -4.69. The second-order valence-corrected chi connectivity index (χ2v) is 6.15. The van der Waals surface area contributed by atoms with E-state index < -0.39 is 6.36 Å². The van der Waals surface area contributed by atoms with Gasteiger partial charge in [-0.25, -0.2) is 0 Å². The van der Waals surface area contributed by atoms with Gasteiger partial charge in [0.25, 0.3) is 0 Å². The summed E-state index contributed by atoms with van der Waals surface area (Å²) in [5.41, 5.74) is 0.733. The van der Waals surface area contributed by atoms with Gasteiger partial charge in [-0.05, 0) is 52.0 Å². The van der Waals surface area contributed by atoms with Gasteiger partial charge < -0.3 is 10.1 Å². The van der Waals surface area contributed by atoms with Gasteiger partial charge in [0.15, 0.2) is 0 Å². The zero-order valence-corrected chi connectivity index (χ0v) is 13.5. The van der Waals surface area contributed by atoms with Gasteiger partial charge in [-0.3, -0.25) is 0 Å². The molecule has 0 saturated carbocycles. The molecule has 0 bridgehead atoms. The number of rotatable bonds is 5. The first-order chi connectivity index (χ1) is 9.89. The van der Waals surface area contributed by atoms with Crippen molar-refractivity contribution in [1.82, 2.24) is 0 Å². The summed E-state index contributed by atoms with van der Waals surface area (Å²) in [6.07, 6.45) is -3.82. The second kappa shape index (κ2) is 6.70. The molecule has 0 radical (unpaired) electrons. The normalized spacial score (nSPS) is 13.0. The molecule has 2 aromatic rings. The Kier molecular flexibility index (Phi) is 5.16. The van der Waals surface area contributed by atoms with Crippen LogP contribution in [-0.2, 0) is 0 Å². The van der Waals surface area contributed by atoms with Gasteiger partial charge in [0.1, 0.15) is 5.75 Å². The SMILES string of the molecule is CCC(Nc1ccc(OC(F)(F)F)c(Br)c1)c1cccs1. The highest BCUT2D eigenvalue weighted by Crippen LogP contribution is 2.34. The molecule has 1 unspecified atom stereocenters. The van der Waals surface area contributed by atoms with E-state index in [9.17, 15) is 13.2 Å². The molecule has 0 amide bonds. The molecule has 1 heterocycles. The molecule has 1 atom stereocenters. The van der Waals surface area contributed by atoms with E-state index >= 15 is 0 Å². The molecule has 1 N–H and O–H groups in total. The van der Waals surface area contributed by atoms with Crippen LogP contribution in [-0.4, -0.2) is 6.36 Å². The molecule has 0 aliphatic carbocycles. The number of ether oxygens (including phenoxy) is 1. The fourth-order valence-corrected chi connectivity index (χ4v) is 3.18. The highest BCUT2D eigenvalue weighted by molar-refractivity contribution is 9.10. The van der Waals surface area contributed by atoms with E-state index in [0.717, 1.165) is 12.1 Å². The molecule has 0 fully saturated rings. The molecule has 114 valence electrons. The summed E-state index contributed by atoms with van der Waals surface area (Å²) in [4.78, 5) is 1.18. The summed E-state index contributed by atoms with van der Waals surface area (Å²) in [6.45, 7) is 2.05. The van der Waals surface area contributed by atoms with Crippen LogP contribution < -0.4 is 10.1 Å². The first-order valence-electron chi connectivity index (χ1n) is 6.24. The Morgan fingerprint density at radius 2 is 2.10 bits per heavy atom. The van der Waals surface area contributed by atoms with Crippen molar-refractivity contribution in [3.05, 3.63) is 45.1 Å². The van der Waals surface area contributed by atoms with E-state index in [-0.39, 0.29) is 16.3 Å². The molecule has 1 aromatic heterocycles. The topological polar surface area (TPSA) is 21.3 Å². The van der Waals surface area contributed by atoms with Gasteiger partial charge in [-0.15, -0.1) is 24.5 Å². The van der Waals surface area contributed by atoms with Crippen molar-refractivity contribution in [2.45, 2.75) is 25.7 Å². The Balaban J connectivity index is 2.13. The largest absolute Gasteiger partial charge is 0.573 e. The third-order valence-corrected chi connectivity index (χ3v) is 4.40. The Bertz CT molecular complexity index is 586. The van der Waals surface area contributed by atoms with Crippen molar-refractivity contribution >= 4 is 33.0 Å². The van der Waals surface area contributed by atoms with Gasteiger partial charge in [0.2, 0.25) is 0 Å². The maximum atomic E-state index is 12.2. The van der Waals surface area contributed by atoms with Crippen LogP contribution in [0.3, 0.4) is 0 Å². The van der Waals surface area contributed by atoms with Crippen LogP contribution in [0.15, 0.2) is 40.2 Å². The number of hydrogen-bond donors (Lipinski definition) is 1. The predicted octanol–water partition coefficient (Wildman–Crippen LogP) is 5.97. The van der Waals surface area contributed by atoms with E-state index in [1.807, 2.05) is 24.4 Å². The summed E-state index contributed by atoms with van der Waals surface area (Å²) >= 11 is 4.74. The highest BCUT2D eigenvalue weighted by atomic mass is 79.9. The zero-order valence-electron chi connectivity index (χ0n) is 11.1. The predicted molar refractivity (Wildman–Crippen MR) is 81.8 cm³/mol. The summed E-state index contributed by atoms with van der Waals surface area (Å²) in [5, 5.41) is 5.30. The Hall–Kier alpha value is -1.21. The second-order valence-electron chi connectivity index (χ2n) is 4.31. The van der Waals surface area contributed by atoms with Crippen molar-refractivity contribution in [1.29, 1.82) is 0 Å². The van der Waals surface area contributed by atoms with Crippen LogP contribution in [0.4, 0.5) is 18.9 Å². The molecular weight excluding hydrogens is 367 g/mol. The lowest BCUT2D eigenvalue weighted by Crippen LogP contribution is -2.17. The molecule has 0 saturated heterocycles. The Morgan fingerprint density at radius 3 is 2.62 bits per heavy atom. The number of hydrogen-bond acceptors (Lipinski definition) is 3. The fraction of sp³-hybridized carbons (Fsp3) is 0.286. The van der Waals surface area contributed by atoms with Crippen LogP contribution in [0.2, 0.25) is 0 Å². The third kappa shape index (κ3) is 4.64. The van der Waals surface area contributed by atoms with E-state index in [0.29, 0.717) is 0 Å². The van der Waals surface area contributed by atoms with Gasteiger partial charge in [0, 0.05) is 10.6 Å². The third-order valence-electron chi connectivity index (χ3n) is 2.79. The summed E-state index contributed by atoms with van der Waals surface area (Å²) < 4.78 is 40.8. The lowest BCUT2D eigenvalue weighted by atomic mass is 10.1. The van der Waals surface area contributed by atoms with Gasteiger partial charge in [-0.1, -0.05) is 13.0 Å². The average Bonchev–Trinajstić information content (AvgIpc) is 2.91. The molecule has 21 heavy (non-hydrogen) atoms. The fourth-order valence-electron chi connectivity index (χ4n) is 1.86. The molecule has 1 aromatic carbocycles. The lowest BCUT2D eigenvalue weighted by molar-refractivity contribution is -0.274. The molecule has 7 heteroatoms. The van der Waals surface area contributed by atoms with Crippen molar-refractivity contribution in [3.8, 4) is 5.75 Å². The van der Waals surface area contributed by atoms with Crippen molar-refractivity contribution in [2.75, 3.05) is 5.32 Å². The van der Waals surface area contributed by atoms with Crippen molar-refractivity contribution in [3.63, 3.8) is 0 Å². The molecular formula is C14H13BrF3NOS. The van der Waals surface area contributed by atoms with Crippen LogP contribution in [0.25, 0.3) is 0 Å². The number of anilines is 1. The number of benzene rings is 1. The van der Waals surface area contributed by atoms with E-state index in [2.05, 4.69) is 26.0 Å². The number of alkyl halides is 3. The van der Waals surface area contributed by atoms with Crippen LogP contribution in [0, 0.1) is 0 Å². The van der Waals surface area contributed by atoms with E-state index in [4.69, 9.17) is 0 Å². The first-order valence-corrected chi connectivity index (χ1v) is 7.91. The minimum absolute atomic E-state index is 0.131. The van der Waals surface area contributed by atoms with Crippen LogP contribution in [0.5, 0.6) is 5.75 Å². The van der Waals surface area contributed by atoms with E-state index in [1.54, 1.807) is 23.5 Å². The van der Waals surface area contributed by atoms with Crippen LogP contribution in [0.1, 0.15) is 24.3 Å². The van der Waals surface area contributed by atoms with Crippen LogP contribution >= 0.6 is 27.3 Å². The number of nitrogens with one attached hydrogen (secondary N) is 1. The standard InChI is InChI=1S/C14H13BrF3NOS/c1-2-11(13-4-3-7-21-13)19-9-5-6-12(10(15)8-9)20-14(16,17)18/h3-8,11,19H,2H2,1H3. The van der Waals surface area contributed by atoms with Gasteiger partial charge in [-0.2, -0.15) is 0 Å².